The van der Waals surface area contributed by atoms with Crippen molar-refractivity contribution in [2.45, 2.75) is 46.1 Å². The molecule has 0 unspecified atom stereocenters. The van der Waals surface area contributed by atoms with Crippen LogP contribution >= 0.6 is 11.6 Å². The predicted octanol–water partition coefficient (Wildman–Crippen LogP) is 2.99. The summed E-state index contributed by atoms with van der Waals surface area (Å²) in [5.74, 6) is -0.725. The Morgan fingerprint density at radius 2 is 1.90 bits per heavy atom. The lowest BCUT2D eigenvalue weighted by Gasteiger charge is -2.37. The number of amides is 1. The number of nitrogens with zero attached hydrogens (tertiary/aromatic N) is 2. The molecule has 1 saturated heterocycles. The second-order valence-corrected chi connectivity index (χ2v) is 9.53. The minimum absolute atomic E-state index is 0.221. The maximum absolute atomic E-state index is 13.2. The fourth-order valence-electron chi connectivity index (χ4n) is 3.57. The first-order valence-corrected chi connectivity index (χ1v) is 12.0. The molecule has 1 aliphatic rings. The van der Waals surface area contributed by atoms with Crippen LogP contribution in [0.1, 0.15) is 38.7 Å². The van der Waals surface area contributed by atoms with Gasteiger partial charge in [0.2, 0.25) is 15.9 Å². The predicted molar refractivity (Wildman–Crippen MR) is 114 cm³/mol. The highest BCUT2D eigenvalue weighted by Gasteiger charge is 2.36. The standard InChI is InChI=1S/C20H29ClN2O5S/c1-5-18(19(24)22-11-9-15(10-12-22)20(25)28-6-2)23(29(4,26)27)16-8-7-14(3)17(21)13-16/h7-8,13,15,18H,5-6,9-12H2,1-4H3/t18-/m0/s1. The van der Waals surface area contributed by atoms with Gasteiger partial charge < -0.3 is 9.64 Å². The fraction of sp³-hybridized carbons (Fsp3) is 0.600. The average Bonchev–Trinajstić information content (AvgIpc) is 2.67. The van der Waals surface area contributed by atoms with Gasteiger partial charge in [0, 0.05) is 18.1 Å². The number of ether oxygens (including phenoxy) is 1. The quantitative estimate of drug-likeness (QED) is 0.603. The number of hydrogen-bond acceptors (Lipinski definition) is 5. The van der Waals surface area contributed by atoms with Crippen LogP contribution in [0.4, 0.5) is 5.69 Å². The van der Waals surface area contributed by atoms with Crippen LogP contribution in [0.3, 0.4) is 0 Å². The molecule has 1 fully saturated rings. The third kappa shape index (κ3) is 5.63. The Kier molecular flexibility index (Phi) is 7.94. The van der Waals surface area contributed by atoms with E-state index in [0.29, 0.717) is 49.7 Å². The zero-order valence-electron chi connectivity index (χ0n) is 17.4. The van der Waals surface area contributed by atoms with E-state index in [1.807, 2.05) is 6.92 Å². The molecule has 0 N–H and O–H groups in total. The van der Waals surface area contributed by atoms with Crippen molar-refractivity contribution in [3.63, 3.8) is 0 Å². The van der Waals surface area contributed by atoms with E-state index in [1.165, 1.54) is 0 Å². The van der Waals surface area contributed by atoms with Crippen molar-refractivity contribution >= 4 is 39.2 Å². The molecule has 1 aromatic carbocycles. The van der Waals surface area contributed by atoms with Crippen LogP contribution in [0.2, 0.25) is 5.02 Å². The van der Waals surface area contributed by atoms with E-state index in [4.69, 9.17) is 16.3 Å². The molecule has 9 heteroatoms. The van der Waals surface area contributed by atoms with Gasteiger partial charge in [-0.2, -0.15) is 0 Å². The first-order chi connectivity index (χ1) is 13.6. The first-order valence-electron chi connectivity index (χ1n) is 9.81. The molecule has 29 heavy (non-hydrogen) atoms. The molecule has 0 saturated carbocycles. The molecule has 1 amide bonds. The van der Waals surface area contributed by atoms with Gasteiger partial charge in [-0.25, -0.2) is 8.42 Å². The zero-order valence-corrected chi connectivity index (χ0v) is 18.9. The molecule has 162 valence electrons. The molecule has 7 nitrogen and oxygen atoms in total. The Balaban J connectivity index is 2.23. The first kappa shape index (κ1) is 23.5. The molecular formula is C20H29ClN2O5S. The maximum atomic E-state index is 13.2. The summed E-state index contributed by atoms with van der Waals surface area (Å²) < 4.78 is 31.4. The lowest BCUT2D eigenvalue weighted by molar-refractivity contribution is -0.151. The van der Waals surface area contributed by atoms with E-state index < -0.39 is 16.1 Å². The number of sulfonamides is 1. The Morgan fingerprint density at radius 1 is 1.28 bits per heavy atom. The second-order valence-electron chi connectivity index (χ2n) is 7.27. The highest BCUT2D eigenvalue weighted by Crippen LogP contribution is 2.29. The SMILES string of the molecule is CCOC(=O)C1CCN(C(=O)[C@H](CC)N(c2ccc(C)c(Cl)c2)S(C)(=O)=O)CC1. The van der Waals surface area contributed by atoms with E-state index in [9.17, 15) is 18.0 Å². The number of aryl methyl sites for hydroxylation is 1. The number of benzene rings is 1. The van der Waals surface area contributed by atoms with Gasteiger partial charge in [0.15, 0.2) is 0 Å². The number of carbonyl (C=O) groups is 2. The van der Waals surface area contributed by atoms with Crippen LogP contribution in [0, 0.1) is 12.8 Å². The number of likely N-dealkylation sites (tertiary alicyclic amines) is 1. The van der Waals surface area contributed by atoms with Crippen molar-refractivity contribution in [2.75, 3.05) is 30.3 Å². The Labute approximate surface area is 178 Å². The van der Waals surface area contributed by atoms with Crippen molar-refractivity contribution in [2.24, 2.45) is 5.92 Å². The molecular weight excluding hydrogens is 416 g/mol. The number of anilines is 1. The number of rotatable bonds is 7. The van der Waals surface area contributed by atoms with Crippen LogP contribution in [0.25, 0.3) is 0 Å². The second kappa shape index (κ2) is 9.80. The summed E-state index contributed by atoms with van der Waals surface area (Å²) >= 11 is 6.19. The Morgan fingerprint density at radius 3 is 2.38 bits per heavy atom. The smallest absolute Gasteiger partial charge is 0.309 e. The van der Waals surface area contributed by atoms with E-state index in [2.05, 4.69) is 0 Å². The van der Waals surface area contributed by atoms with E-state index in [-0.39, 0.29) is 17.8 Å². The number of esters is 1. The van der Waals surface area contributed by atoms with Gasteiger partial charge in [-0.3, -0.25) is 13.9 Å². The van der Waals surface area contributed by atoms with Gasteiger partial charge in [0.25, 0.3) is 0 Å². The van der Waals surface area contributed by atoms with Crippen molar-refractivity contribution in [1.29, 1.82) is 0 Å². The zero-order chi connectivity index (χ0) is 21.8. The number of halogens is 1. The molecule has 1 aromatic rings. The van der Waals surface area contributed by atoms with Gasteiger partial charge >= 0.3 is 5.97 Å². The molecule has 0 spiro atoms. The van der Waals surface area contributed by atoms with Crippen LogP contribution in [0.15, 0.2) is 18.2 Å². The molecule has 0 aliphatic carbocycles. The monoisotopic (exact) mass is 444 g/mol. The van der Waals surface area contributed by atoms with Gasteiger partial charge in [-0.05, 0) is 50.8 Å². The molecule has 2 rings (SSSR count). The van der Waals surface area contributed by atoms with Gasteiger partial charge in [-0.15, -0.1) is 0 Å². The Bertz CT molecular complexity index is 850. The molecule has 1 aliphatic heterocycles. The summed E-state index contributed by atoms with van der Waals surface area (Å²) in [7, 11) is -3.72. The third-order valence-electron chi connectivity index (χ3n) is 5.15. The summed E-state index contributed by atoms with van der Waals surface area (Å²) in [4.78, 5) is 26.8. The molecule has 1 heterocycles. The lowest BCUT2D eigenvalue weighted by atomic mass is 9.96. The van der Waals surface area contributed by atoms with E-state index in [1.54, 1.807) is 36.9 Å². The largest absolute Gasteiger partial charge is 0.466 e. The van der Waals surface area contributed by atoms with Crippen LogP contribution in [-0.4, -0.2) is 57.2 Å². The van der Waals surface area contributed by atoms with Gasteiger partial charge in [-0.1, -0.05) is 24.6 Å². The minimum Gasteiger partial charge on any atom is -0.466 e. The number of piperidine rings is 1. The summed E-state index contributed by atoms with van der Waals surface area (Å²) in [6.45, 7) is 6.49. The van der Waals surface area contributed by atoms with Crippen molar-refractivity contribution < 1.29 is 22.7 Å². The van der Waals surface area contributed by atoms with Gasteiger partial charge in [0.1, 0.15) is 6.04 Å². The van der Waals surface area contributed by atoms with Gasteiger partial charge in [0.05, 0.1) is 24.5 Å². The molecule has 0 aromatic heterocycles. The highest BCUT2D eigenvalue weighted by molar-refractivity contribution is 7.92. The van der Waals surface area contributed by atoms with Crippen LogP contribution in [0.5, 0.6) is 0 Å². The molecule has 0 radical (unpaired) electrons. The van der Waals surface area contributed by atoms with Crippen LogP contribution in [-0.2, 0) is 24.3 Å². The number of carbonyl (C=O) groups excluding carboxylic acids is 2. The lowest BCUT2D eigenvalue weighted by Crippen LogP contribution is -2.52. The number of hydrogen-bond donors (Lipinski definition) is 0. The third-order valence-corrected chi connectivity index (χ3v) is 6.74. The fourth-order valence-corrected chi connectivity index (χ4v) is 4.94. The van der Waals surface area contributed by atoms with Crippen molar-refractivity contribution in [3.05, 3.63) is 28.8 Å². The Hall–Kier alpha value is -1.80. The maximum Gasteiger partial charge on any atom is 0.309 e. The molecule has 0 bridgehead atoms. The topological polar surface area (TPSA) is 84.0 Å². The average molecular weight is 445 g/mol. The minimum atomic E-state index is -3.72. The summed E-state index contributed by atoms with van der Waals surface area (Å²) in [6.07, 6.45) is 2.42. The summed E-state index contributed by atoms with van der Waals surface area (Å²) in [6, 6.07) is 4.09. The van der Waals surface area contributed by atoms with E-state index >= 15 is 0 Å². The van der Waals surface area contributed by atoms with Crippen molar-refractivity contribution in [3.8, 4) is 0 Å². The summed E-state index contributed by atoms with van der Waals surface area (Å²) in [5.41, 5.74) is 1.19. The van der Waals surface area contributed by atoms with Crippen LogP contribution < -0.4 is 4.31 Å². The normalized spacial score (nSPS) is 16.4. The summed E-state index contributed by atoms with van der Waals surface area (Å²) in [5, 5.41) is 0.439. The van der Waals surface area contributed by atoms with E-state index in [0.717, 1.165) is 16.1 Å². The molecule has 1 atom stereocenters. The highest BCUT2D eigenvalue weighted by atomic mass is 35.5. The van der Waals surface area contributed by atoms with Crippen molar-refractivity contribution in [1.82, 2.24) is 4.90 Å².